The van der Waals surface area contributed by atoms with E-state index in [0.717, 1.165) is 0 Å². The van der Waals surface area contributed by atoms with E-state index < -0.39 is 0 Å². The van der Waals surface area contributed by atoms with Gasteiger partial charge in [-0.3, -0.25) is 0 Å². The molecule has 2 heteroatoms. The van der Waals surface area contributed by atoms with E-state index in [-0.39, 0.29) is 16.7 Å². The standard InChI is InChI=1S/C60H54N2/c1-37-38(2)57-47(29-30-48-51-33-41(39-19-25-43(26-20-39)59(3,4)5)24-32-55(51)62(58(48)57)46-17-13-10-14-18-46)50-36-56-53(35-49(37)50)52-34-42(40-21-27-44(28-22-40)60(6,7)8)23-31-54(52)61(56)45-15-11-9-12-16-45/h9-38H,1-8H3. The number of fused-ring (bicyclic) bond motifs is 10. The number of nitrogens with zero attached hydrogens (tertiary/aromatic N) is 2. The van der Waals surface area contributed by atoms with Crippen LogP contribution in [0.4, 0.5) is 0 Å². The van der Waals surface area contributed by atoms with Crippen molar-refractivity contribution < 1.29 is 0 Å². The maximum absolute atomic E-state index is 2.54. The molecule has 0 fully saturated rings. The van der Waals surface area contributed by atoms with E-state index in [9.17, 15) is 0 Å². The van der Waals surface area contributed by atoms with Gasteiger partial charge >= 0.3 is 0 Å². The normalized spacial score (nSPS) is 15.4. The van der Waals surface area contributed by atoms with E-state index in [1.165, 1.54) is 111 Å². The molecule has 2 unspecified atom stereocenters. The average Bonchev–Trinajstić information content (AvgIpc) is 3.79. The minimum Gasteiger partial charge on any atom is -0.309 e. The van der Waals surface area contributed by atoms with Crippen LogP contribution in [0.15, 0.2) is 170 Å². The van der Waals surface area contributed by atoms with Gasteiger partial charge in [0.25, 0.3) is 0 Å². The highest BCUT2D eigenvalue weighted by atomic mass is 15.0. The summed E-state index contributed by atoms with van der Waals surface area (Å²) >= 11 is 0. The fourth-order valence-electron chi connectivity index (χ4n) is 10.4. The zero-order valence-corrected chi connectivity index (χ0v) is 37.2. The quantitative estimate of drug-likeness (QED) is 0.168. The van der Waals surface area contributed by atoms with Crippen LogP contribution >= 0.6 is 0 Å². The Morgan fingerprint density at radius 1 is 0.371 bits per heavy atom. The van der Waals surface area contributed by atoms with Gasteiger partial charge in [0.05, 0.1) is 22.1 Å². The molecule has 11 rings (SSSR count). The summed E-state index contributed by atoms with van der Waals surface area (Å²) in [6.07, 6.45) is 0. The summed E-state index contributed by atoms with van der Waals surface area (Å²) in [7, 11) is 0. The van der Waals surface area contributed by atoms with E-state index in [1.54, 1.807) is 0 Å². The number of rotatable bonds is 4. The van der Waals surface area contributed by atoms with Gasteiger partial charge in [-0.15, -0.1) is 0 Å². The summed E-state index contributed by atoms with van der Waals surface area (Å²) in [6.45, 7) is 18.6. The Kier molecular flexibility index (Phi) is 8.61. The molecule has 0 aliphatic heterocycles. The van der Waals surface area contributed by atoms with E-state index in [0.29, 0.717) is 5.92 Å². The Bertz CT molecular complexity index is 3280. The topological polar surface area (TPSA) is 9.86 Å². The van der Waals surface area contributed by atoms with Crippen molar-refractivity contribution in [2.45, 2.75) is 78.1 Å². The van der Waals surface area contributed by atoms with Crippen molar-refractivity contribution in [3.63, 3.8) is 0 Å². The maximum Gasteiger partial charge on any atom is 0.0582 e. The second-order valence-electron chi connectivity index (χ2n) is 19.9. The molecule has 10 aromatic rings. The number of aromatic nitrogens is 2. The van der Waals surface area contributed by atoms with Crippen LogP contribution in [0.25, 0.3) is 88.4 Å². The number of hydrogen-bond donors (Lipinski definition) is 0. The van der Waals surface area contributed by atoms with Crippen molar-refractivity contribution >= 4 is 43.6 Å². The Hall–Kier alpha value is -6.64. The number of hydrogen-bond acceptors (Lipinski definition) is 0. The van der Waals surface area contributed by atoms with Crippen LogP contribution in [-0.4, -0.2) is 9.13 Å². The summed E-state index contributed by atoms with van der Waals surface area (Å²) in [6, 6.07) is 64.3. The van der Waals surface area contributed by atoms with Crippen molar-refractivity contribution in [3.05, 3.63) is 192 Å². The molecule has 2 heterocycles. The third-order valence-electron chi connectivity index (χ3n) is 14.1. The third-order valence-corrected chi connectivity index (χ3v) is 14.1. The minimum atomic E-state index is 0.115. The van der Waals surface area contributed by atoms with Gasteiger partial charge in [-0.1, -0.05) is 165 Å². The van der Waals surface area contributed by atoms with Crippen LogP contribution in [0.1, 0.15) is 89.5 Å². The SMILES string of the molecule is CC1c2cc3c4cc(-c5ccc(C(C)(C)C)cc5)ccc4n(-c4ccccc4)c3cc2-c2ccc3c4cc(-c5ccc(C(C)(C)C)cc5)ccc4n(-c4ccccc4)c3c2C1C. The molecule has 2 atom stereocenters. The maximum atomic E-state index is 2.54. The van der Waals surface area contributed by atoms with Crippen molar-refractivity contribution in [3.8, 4) is 44.8 Å². The molecule has 0 amide bonds. The van der Waals surface area contributed by atoms with Gasteiger partial charge < -0.3 is 9.13 Å². The van der Waals surface area contributed by atoms with E-state index in [4.69, 9.17) is 0 Å². The highest BCUT2D eigenvalue weighted by Crippen LogP contribution is 2.53. The Morgan fingerprint density at radius 2 is 0.839 bits per heavy atom. The average molecular weight is 803 g/mol. The molecule has 62 heavy (non-hydrogen) atoms. The molecule has 2 aromatic heterocycles. The summed E-state index contributed by atoms with van der Waals surface area (Å²) in [5.41, 5.74) is 20.8. The van der Waals surface area contributed by atoms with Crippen LogP contribution in [0.3, 0.4) is 0 Å². The monoisotopic (exact) mass is 802 g/mol. The smallest absolute Gasteiger partial charge is 0.0582 e. The van der Waals surface area contributed by atoms with E-state index in [1.807, 2.05) is 0 Å². The highest BCUT2D eigenvalue weighted by Gasteiger charge is 2.33. The Balaban J connectivity index is 1.15. The fourth-order valence-corrected chi connectivity index (χ4v) is 10.4. The lowest BCUT2D eigenvalue weighted by molar-refractivity contribution is 0.590. The van der Waals surface area contributed by atoms with Crippen LogP contribution in [0, 0.1) is 0 Å². The zero-order chi connectivity index (χ0) is 42.7. The minimum absolute atomic E-state index is 0.115. The van der Waals surface area contributed by atoms with Gasteiger partial charge in [0.2, 0.25) is 0 Å². The first-order chi connectivity index (χ1) is 29.8. The van der Waals surface area contributed by atoms with Crippen molar-refractivity contribution in [1.29, 1.82) is 0 Å². The molecule has 304 valence electrons. The molecule has 0 radical (unpaired) electrons. The van der Waals surface area contributed by atoms with E-state index >= 15 is 0 Å². The molecular weight excluding hydrogens is 749 g/mol. The first kappa shape index (κ1) is 38.3. The van der Waals surface area contributed by atoms with Crippen molar-refractivity contribution in [2.75, 3.05) is 0 Å². The van der Waals surface area contributed by atoms with E-state index in [2.05, 4.69) is 234 Å². The summed E-state index contributed by atoms with van der Waals surface area (Å²) in [4.78, 5) is 0. The predicted octanol–water partition coefficient (Wildman–Crippen LogP) is 16.7. The third kappa shape index (κ3) is 5.98. The largest absolute Gasteiger partial charge is 0.309 e. The Labute approximate surface area is 366 Å². The van der Waals surface area contributed by atoms with Crippen LogP contribution in [0.2, 0.25) is 0 Å². The molecule has 1 aliphatic carbocycles. The van der Waals surface area contributed by atoms with Gasteiger partial charge in [0.15, 0.2) is 0 Å². The first-order valence-electron chi connectivity index (χ1n) is 22.4. The molecule has 0 spiro atoms. The second-order valence-corrected chi connectivity index (χ2v) is 19.9. The van der Waals surface area contributed by atoms with Crippen molar-refractivity contribution in [2.24, 2.45) is 0 Å². The first-order valence-corrected chi connectivity index (χ1v) is 22.4. The summed E-state index contributed by atoms with van der Waals surface area (Å²) in [5.74, 6) is 0.587. The van der Waals surface area contributed by atoms with Gasteiger partial charge in [-0.2, -0.15) is 0 Å². The van der Waals surface area contributed by atoms with Crippen LogP contribution in [-0.2, 0) is 10.8 Å². The number of benzene rings is 8. The molecule has 2 nitrogen and oxygen atoms in total. The number of para-hydroxylation sites is 2. The summed E-state index contributed by atoms with van der Waals surface area (Å²) in [5, 5.41) is 5.19. The fraction of sp³-hybridized carbons (Fsp3) is 0.200. The molecule has 0 bridgehead atoms. The van der Waals surface area contributed by atoms with Crippen molar-refractivity contribution in [1.82, 2.24) is 9.13 Å². The molecule has 0 saturated carbocycles. The van der Waals surface area contributed by atoms with Crippen LogP contribution in [0.5, 0.6) is 0 Å². The lowest BCUT2D eigenvalue weighted by Gasteiger charge is -2.33. The zero-order valence-electron chi connectivity index (χ0n) is 37.2. The molecular formula is C60H54N2. The molecule has 1 aliphatic rings. The van der Waals surface area contributed by atoms with Gasteiger partial charge in [-0.05, 0) is 139 Å². The van der Waals surface area contributed by atoms with Crippen LogP contribution < -0.4 is 0 Å². The highest BCUT2D eigenvalue weighted by molar-refractivity contribution is 6.15. The molecule has 0 saturated heterocycles. The lowest BCUT2D eigenvalue weighted by Crippen LogP contribution is -2.15. The molecule has 8 aromatic carbocycles. The Morgan fingerprint density at radius 3 is 1.37 bits per heavy atom. The summed E-state index contributed by atoms with van der Waals surface area (Å²) < 4.78 is 5.02. The lowest BCUT2D eigenvalue weighted by atomic mass is 9.72. The van der Waals surface area contributed by atoms with Gasteiger partial charge in [0, 0.05) is 32.9 Å². The van der Waals surface area contributed by atoms with Gasteiger partial charge in [0.1, 0.15) is 0 Å². The van der Waals surface area contributed by atoms with Gasteiger partial charge in [-0.25, -0.2) is 0 Å². The second kappa shape index (κ2) is 13.9. The molecule has 0 N–H and O–H groups in total. The predicted molar refractivity (Wildman–Crippen MR) is 266 cm³/mol.